The van der Waals surface area contributed by atoms with Crippen LogP contribution in [0.3, 0.4) is 0 Å². The Morgan fingerprint density at radius 1 is 1.05 bits per heavy atom. The summed E-state index contributed by atoms with van der Waals surface area (Å²) < 4.78 is 5.27. The fourth-order valence-electron chi connectivity index (χ4n) is 2.12. The van der Waals surface area contributed by atoms with Crippen LogP contribution in [0, 0.1) is 13.8 Å². The number of aryl methyl sites for hydroxylation is 2. The minimum Gasteiger partial charge on any atom is -0.402 e. The zero-order chi connectivity index (χ0) is 15.7. The van der Waals surface area contributed by atoms with Crippen LogP contribution in [0.15, 0.2) is 53.2 Å². The van der Waals surface area contributed by atoms with Crippen LogP contribution < -0.4 is 0 Å². The van der Waals surface area contributed by atoms with Crippen LogP contribution in [0.2, 0.25) is 5.02 Å². The molecule has 22 heavy (non-hydrogen) atoms. The van der Waals surface area contributed by atoms with E-state index in [9.17, 15) is 4.79 Å². The van der Waals surface area contributed by atoms with Crippen molar-refractivity contribution in [1.29, 1.82) is 0 Å². The fraction of sp³-hybridized carbons (Fsp3) is 0.111. The topological polar surface area (TPSA) is 38.7 Å². The maximum absolute atomic E-state index is 12.0. The quantitative estimate of drug-likeness (QED) is 0.612. The number of hydrogen-bond acceptors (Lipinski definition) is 3. The van der Waals surface area contributed by atoms with Gasteiger partial charge in [0.15, 0.2) is 5.70 Å². The highest BCUT2D eigenvalue weighted by Crippen LogP contribution is 2.21. The normalized spacial score (nSPS) is 15.9. The molecule has 1 heterocycles. The summed E-state index contributed by atoms with van der Waals surface area (Å²) in [6, 6.07) is 13.0. The SMILES string of the molecule is Cc1ccc(C2=N/C(=C\c3ccc(Cl)cc3)C(=O)O2)cc1C. The van der Waals surface area contributed by atoms with Crippen molar-refractivity contribution in [2.75, 3.05) is 0 Å². The second-order valence-corrected chi connectivity index (χ2v) is 5.62. The van der Waals surface area contributed by atoms with Crippen molar-refractivity contribution < 1.29 is 9.53 Å². The van der Waals surface area contributed by atoms with E-state index in [0.717, 1.165) is 16.7 Å². The number of hydrogen-bond donors (Lipinski definition) is 0. The maximum Gasteiger partial charge on any atom is 0.363 e. The first kappa shape index (κ1) is 14.5. The molecule has 2 aromatic carbocycles. The number of esters is 1. The first-order chi connectivity index (χ1) is 10.5. The summed E-state index contributed by atoms with van der Waals surface area (Å²) >= 11 is 5.85. The van der Waals surface area contributed by atoms with Gasteiger partial charge in [-0.2, -0.15) is 0 Å². The summed E-state index contributed by atoms with van der Waals surface area (Å²) in [6.45, 7) is 4.05. The van der Waals surface area contributed by atoms with Crippen molar-refractivity contribution in [3.63, 3.8) is 0 Å². The predicted molar refractivity (Wildman–Crippen MR) is 88.0 cm³/mol. The van der Waals surface area contributed by atoms with E-state index in [0.29, 0.717) is 10.9 Å². The van der Waals surface area contributed by atoms with Crippen molar-refractivity contribution in [2.24, 2.45) is 4.99 Å². The third-order valence-corrected chi connectivity index (χ3v) is 3.80. The van der Waals surface area contributed by atoms with Gasteiger partial charge in [0.1, 0.15) is 0 Å². The van der Waals surface area contributed by atoms with E-state index >= 15 is 0 Å². The van der Waals surface area contributed by atoms with Crippen molar-refractivity contribution >= 4 is 29.5 Å². The van der Waals surface area contributed by atoms with Crippen molar-refractivity contribution in [3.8, 4) is 0 Å². The van der Waals surface area contributed by atoms with Gasteiger partial charge >= 0.3 is 5.97 Å². The van der Waals surface area contributed by atoms with E-state index in [1.165, 1.54) is 5.56 Å². The van der Waals surface area contributed by atoms with Gasteiger partial charge < -0.3 is 4.74 Å². The zero-order valence-corrected chi connectivity index (χ0v) is 13.0. The lowest BCUT2D eigenvalue weighted by Crippen LogP contribution is -2.05. The molecule has 0 amide bonds. The Hall–Kier alpha value is -2.39. The van der Waals surface area contributed by atoms with E-state index in [4.69, 9.17) is 16.3 Å². The monoisotopic (exact) mass is 311 g/mol. The van der Waals surface area contributed by atoms with E-state index in [2.05, 4.69) is 4.99 Å². The first-order valence-electron chi connectivity index (χ1n) is 6.89. The van der Waals surface area contributed by atoms with Gasteiger partial charge in [-0.25, -0.2) is 9.79 Å². The van der Waals surface area contributed by atoms with E-state index < -0.39 is 5.97 Å². The third-order valence-electron chi connectivity index (χ3n) is 3.55. The molecule has 0 unspecified atom stereocenters. The van der Waals surface area contributed by atoms with Gasteiger partial charge in [0.05, 0.1) is 0 Å². The Bertz CT molecular complexity index is 804. The Morgan fingerprint density at radius 3 is 2.45 bits per heavy atom. The standard InChI is InChI=1S/C18H14ClNO2/c1-11-3-6-14(9-12(11)2)17-20-16(18(21)22-17)10-13-4-7-15(19)8-5-13/h3-10H,1-2H3/b16-10-. The molecule has 0 atom stereocenters. The highest BCUT2D eigenvalue weighted by Gasteiger charge is 2.24. The molecule has 1 aliphatic rings. The minimum absolute atomic E-state index is 0.288. The Balaban J connectivity index is 1.94. The number of carbonyl (C=O) groups excluding carboxylic acids is 1. The van der Waals surface area contributed by atoms with Crippen LogP contribution in [0.5, 0.6) is 0 Å². The Labute approximate surface area is 133 Å². The molecular weight excluding hydrogens is 298 g/mol. The summed E-state index contributed by atoms with van der Waals surface area (Å²) in [4.78, 5) is 16.3. The fourth-order valence-corrected chi connectivity index (χ4v) is 2.25. The molecule has 0 fully saturated rings. The number of benzene rings is 2. The Kier molecular flexibility index (Phi) is 3.82. The average Bonchev–Trinajstić information content (AvgIpc) is 2.85. The number of halogens is 1. The van der Waals surface area contributed by atoms with Gasteiger partial charge in [0, 0.05) is 10.6 Å². The smallest absolute Gasteiger partial charge is 0.363 e. The molecule has 1 aliphatic heterocycles. The molecule has 0 saturated heterocycles. The second-order valence-electron chi connectivity index (χ2n) is 5.19. The zero-order valence-electron chi connectivity index (χ0n) is 12.3. The number of ether oxygens (including phenoxy) is 1. The van der Waals surface area contributed by atoms with Crippen LogP contribution in [0.4, 0.5) is 0 Å². The van der Waals surface area contributed by atoms with Crippen molar-refractivity contribution in [2.45, 2.75) is 13.8 Å². The predicted octanol–water partition coefficient (Wildman–Crippen LogP) is 4.30. The van der Waals surface area contributed by atoms with Crippen LogP contribution >= 0.6 is 11.6 Å². The largest absolute Gasteiger partial charge is 0.402 e. The van der Waals surface area contributed by atoms with E-state index in [1.54, 1.807) is 18.2 Å². The van der Waals surface area contributed by atoms with Crippen molar-refractivity contribution in [1.82, 2.24) is 0 Å². The van der Waals surface area contributed by atoms with E-state index in [-0.39, 0.29) is 5.70 Å². The number of cyclic esters (lactones) is 1. The van der Waals surface area contributed by atoms with Crippen LogP contribution in [-0.4, -0.2) is 11.9 Å². The molecular formula is C18H14ClNO2. The molecule has 0 saturated carbocycles. The summed E-state index contributed by atoms with van der Waals surface area (Å²) in [6.07, 6.45) is 1.69. The van der Waals surface area contributed by atoms with E-state index in [1.807, 2.05) is 44.2 Å². The van der Waals surface area contributed by atoms with Gasteiger partial charge in [0.25, 0.3) is 0 Å². The van der Waals surface area contributed by atoms with Gasteiger partial charge in [-0.1, -0.05) is 29.8 Å². The molecule has 0 aromatic heterocycles. The lowest BCUT2D eigenvalue weighted by molar-refractivity contribution is -0.129. The molecule has 3 rings (SSSR count). The third kappa shape index (κ3) is 2.95. The molecule has 0 N–H and O–H groups in total. The Morgan fingerprint density at radius 2 is 1.77 bits per heavy atom. The lowest BCUT2D eigenvalue weighted by atomic mass is 10.1. The highest BCUT2D eigenvalue weighted by atomic mass is 35.5. The highest BCUT2D eigenvalue weighted by molar-refractivity contribution is 6.30. The summed E-state index contributed by atoms with van der Waals surface area (Å²) in [7, 11) is 0. The number of carbonyl (C=O) groups is 1. The number of rotatable bonds is 2. The van der Waals surface area contributed by atoms with Gasteiger partial charge in [-0.05, 0) is 60.9 Å². The molecule has 0 spiro atoms. The number of aliphatic imine (C=N–C) groups is 1. The number of nitrogens with zero attached hydrogens (tertiary/aromatic N) is 1. The maximum atomic E-state index is 12.0. The molecule has 3 nitrogen and oxygen atoms in total. The molecule has 0 aliphatic carbocycles. The lowest BCUT2D eigenvalue weighted by Gasteiger charge is -2.03. The van der Waals surface area contributed by atoms with Gasteiger partial charge in [0.2, 0.25) is 5.90 Å². The molecule has 4 heteroatoms. The van der Waals surface area contributed by atoms with Gasteiger partial charge in [-0.3, -0.25) is 0 Å². The minimum atomic E-state index is -0.442. The van der Waals surface area contributed by atoms with Crippen LogP contribution in [0.1, 0.15) is 22.3 Å². The second kappa shape index (κ2) is 5.78. The summed E-state index contributed by atoms with van der Waals surface area (Å²) in [5.41, 5.74) is 4.25. The van der Waals surface area contributed by atoms with Crippen molar-refractivity contribution in [3.05, 3.63) is 75.4 Å². The molecule has 110 valence electrons. The molecule has 0 radical (unpaired) electrons. The van der Waals surface area contributed by atoms with Crippen LogP contribution in [0.25, 0.3) is 6.08 Å². The molecule has 0 bridgehead atoms. The van der Waals surface area contributed by atoms with Crippen LogP contribution in [-0.2, 0) is 9.53 Å². The first-order valence-corrected chi connectivity index (χ1v) is 7.26. The van der Waals surface area contributed by atoms with Gasteiger partial charge in [-0.15, -0.1) is 0 Å². The summed E-state index contributed by atoms with van der Waals surface area (Å²) in [5.74, 6) is -0.100. The average molecular weight is 312 g/mol. The summed E-state index contributed by atoms with van der Waals surface area (Å²) in [5, 5.41) is 0.649. The molecule has 2 aromatic rings.